The van der Waals surface area contributed by atoms with Crippen LogP contribution in [0.5, 0.6) is 5.75 Å². The van der Waals surface area contributed by atoms with Crippen LogP contribution in [-0.2, 0) is 4.79 Å². The molecule has 102 valence electrons. The number of hydrogen-bond donors (Lipinski definition) is 3. The molecule has 2 rings (SSSR count). The van der Waals surface area contributed by atoms with Crippen LogP contribution < -0.4 is 20.9 Å². The summed E-state index contributed by atoms with van der Waals surface area (Å²) in [5, 5.41) is 3.34. The van der Waals surface area contributed by atoms with Crippen molar-refractivity contribution >= 4 is 28.9 Å². The largest absolute Gasteiger partial charge is 0.494 e. The number of thiocarbonyl (C=S) groups is 1. The SMILES string of the molecule is CCOc1ccc(NC(=S)NNC(=O)C2CC2)cc1. The maximum atomic E-state index is 11.4. The normalized spacial score (nSPS) is 13.5. The first-order chi connectivity index (χ1) is 9.19. The quantitative estimate of drug-likeness (QED) is 0.579. The molecular formula is C13H17N3O2S. The molecule has 19 heavy (non-hydrogen) atoms. The Morgan fingerprint density at radius 2 is 2.00 bits per heavy atom. The van der Waals surface area contributed by atoms with E-state index in [0.717, 1.165) is 24.3 Å². The van der Waals surface area contributed by atoms with Gasteiger partial charge < -0.3 is 10.1 Å². The first-order valence-corrected chi connectivity index (χ1v) is 6.69. The Morgan fingerprint density at radius 3 is 2.58 bits per heavy atom. The molecule has 0 bridgehead atoms. The third kappa shape index (κ3) is 4.40. The summed E-state index contributed by atoms with van der Waals surface area (Å²) in [4.78, 5) is 11.4. The van der Waals surface area contributed by atoms with E-state index in [1.54, 1.807) is 0 Å². The van der Waals surface area contributed by atoms with Crippen molar-refractivity contribution in [3.63, 3.8) is 0 Å². The van der Waals surface area contributed by atoms with Crippen LogP contribution in [0.2, 0.25) is 0 Å². The number of nitrogens with one attached hydrogen (secondary N) is 3. The van der Waals surface area contributed by atoms with E-state index in [1.165, 1.54) is 0 Å². The lowest BCUT2D eigenvalue weighted by atomic mass is 10.3. The number of hydrazine groups is 1. The van der Waals surface area contributed by atoms with Gasteiger partial charge in [0, 0.05) is 11.6 Å². The minimum Gasteiger partial charge on any atom is -0.494 e. The molecule has 0 radical (unpaired) electrons. The summed E-state index contributed by atoms with van der Waals surface area (Å²) in [5.74, 6) is 0.964. The number of carbonyl (C=O) groups is 1. The van der Waals surface area contributed by atoms with E-state index in [9.17, 15) is 4.79 Å². The third-order valence-electron chi connectivity index (χ3n) is 2.67. The van der Waals surface area contributed by atoms with Gasteiger partial charge in [0.25, 0.3) is 0 Å². The average Bonchev–Trinajstić information content (AvgIpc) is 3.23. The van der Waals surface area contributed by atoms with Crippen LogP contribution in [0.15, 0.2) is 24.3 Å². The lowest BCUT2D eigenvalue weighted by Gasteiger charge is -2.11. The van der Waals surface area contributed by atoms with Crippen LogP contribution in [0, 0.1) is 5.92 Å². The van der Waals surface area contributed by atoms with E-state index in [2.05, 4.69) is 16.2 Å². The molecule has 0 atom stereocenters. The fourth-order valence-electron chi connectivity index (χ4n) is 1.53. The number of rotatable bonds is 4. The van der Waals surface area contributed by atoms with Crippen LogP contribution in [0.3, 0.4) is 0 Å². The zero-order chi connectivity index (χ0) is 13.7. The molecule has 0 saturated heterocycles. The minimum atomic E-state index is -0.00385. The Balaban J connectivity index is 1.76. The van der Waals surface area contributed by atoms with Gasteiger partial charge in [-0.25, -0.2) is 0 Å². The molecule has 0 aromatic heterocycles. The molecule has 1 aliphatic rings. The zero-order valence-corrected chi connectivity index (χ0v) is 11.5. The standard InChI is InChI=1S/C13H17N3O2S/c1-2-18-11-7-5-10(6-8-11)14-13(19)16-15-12(17)9-3-4-9/h5-9H,2-4H2,1H3,(H,15,17)(H2,14,16,19). The molecule has 0 spiro atoms. The Bertz CT molecular complexity index is 457. The van der Waals surface area contributed by atoms with E-state index in [4.69, 9.17) is 17.0 Å². The summed E-state index contributed by atoms with van der Waals surface area (Å²) in [6, 6.07) is 7.44. The third-order valence-corrected chi connectivity index (χ3v) is 2.87. The van der Waals surface area contributed by atoms with Crippen molar-refractivity contribution in [3.05, 3.63) is 24.3 Å². The van der Waals surface area contributed by atoms with Gasteiger partial charge >= 0.3 is 0 Å². The van der Waals surface area contributed by atoms with Gasteiger partial charge in [0.15, 0.2) is 5.11 Å². The van der Waals surface area contributed by atoms with E-state index >= 15 is 0 Å². The second-order valence-corrected chi connectivity index (χ2v) is 4.71. The highest BCUT2D eigenvalue weighted by molar-refractivity contribution is 7.80. The van der Waals surface area contributed by atoms with Gasteiger partial charge in [0.2, 0.25) is 5.91 Å². The molecule has 1 amide bonds. The van der Waals surface area contributed by atoms with Gasteiger partial charge in [-0.3, -0.25) is 15.6 Å². The fraction of sp³-hybridized carbons (Fsp3) is 0.385. The average molecular weight is 279 g/mol. The van der Waals surface area contributed by atoms with Crippen LogP contribution in [0.25, 0.3) is 0 Å². The number of benzene rings is 1. The van der Waals surface area contributed by atoms with E-state index < -0.39 is 0 Å². The van der Waals surface area contributed by atoms with Crippen molar-refractivity contribution in [2.75, 3.05) is 11.9 Å². The smallest absolute Gasteiger partial charge is 0.241 e. The molecule has 6 heteroatoms. The Morgan fingerprint density at radius 1 is 1.32 bits per heavy atom. The van der Waals surface area contributed by atoms with Gasteiger partial charge in [-0.15, -0.1) is 0 Å². The highest BCUT2D eigenvalue weighted by Gasteiger charge is 2.29. The fourth-order valence-corrected chi connectivity index (χ4v) is 1.70. The first-order valence-electron chi connectivity index (χ1n) is 6.28. The summed E-state index contributed by atoms with van der Waals surface area (Å²) < 4.78 is 5.34. The summed E-state index contributed by atoms with van der Waals surface area (Å²) in [7, 11) is 0. The van der Waals surface area contributed by atoms with Crippen LogP contribution in [-0.4, -0.2) is 17.6 Å². The zero-order valence-electron chi connectivity index (χ0n) is 10.7. The number of hydrogen-bond acceptors (Lipinski definition) is 3. The number of anilines is 1. The van der Waals surface area contributed by atoms with Crippen LogP contribution in [0.1, 0.15) is 19.8 Å². The highest BCUT2D eigenvalue weighted by Crippen LogP contribution is 2.28. The predicted molar refractivity (Wildman–Crippen MR) is 77.8 cm³/mol. The topological polar surface area (TPSA) is 62.4 Å². The number of amides is 1. The van der Waals surface area contributed by atoms with Crippen LogP contribution in [0.4, 0.5) is 5.69 Å². The summed E-state index contributed by atoms with van der Waals surface area (Å²) in [6.07, 6.45) is 1.93. The molecule has 1 fully saturated rings. The molecular weight excluding hydrogens is 262 g/mol. The van der Waals surface area contributed by atoms with Gasteiger partial charge in [0.05, 0.1) is 6.61 Å². The van der Waals surface area contributed by atoms with Gasteiger partial charge in [-0.1, -0.05) is 0 Å². The summed E-state index contributed by atoms with van der Waals surface area (Å²) >= 11 is 5.08. The van der Waals surface area contributed by atoms with Crippen molar-refractivity contribution in [3.8, 4) is 5.75 Å². The van der Waals surface area contributed by atoms with Gasteiger partial charge in [-0.05, 0) is 56.2 Å². The van der Waals surface area contributed by atoms with Crippen molar-refractivity contribution in [2.24, 2.45) is 5.92 Å². The van der Waals surface area contributed by atoms with Crippen molar-refractivity contribution in [2.45, 2.75) is 19.8 Å². The monoisotopic (exact) mass is 279 g/mol. The summed E-state index contributed by atoms with van der Waals surface area (Å²) in [6.45, 7) is 2.58. The molecule has 5 nitrogen and oxygen atoms in total. The molecule has 0 aliphatic heterocycles. The minimum absolute atomic E-state index is 0.00385. The van der Waals surface area contributed by atoms with E-state index in [1.807, 2.05) is 31.2 Å². The predicted octanol–water partition coefficient (Wildman–Crippen LogP) is 1.81. The molecule has 1 aliphatic carbocycles. The van der Waals surface area contributed by atoms with E-state index in [-0.39, 0.29) is 11.8 Å². The molecule has 1 saturated carbocycles. The lowest BCUT2D eigenvalue weighted by molar-refractivity contribution is -0.122. The maximum absolute atomic E-state index is 11.4. The molecule has 1 aromatic carbocycles. The molecule has 0 heterocycles. The van der Waals surface area contributed by atoms with E-state index in [0.29, 0.717) is 11.7 Å². The van der Waals surface area contributed by atoms with Crippen molar-refractivity contribution in [1.29, 1.82) is 0 Å². The Labute approximate surface area is 117 Å². The number of ether oxygens (including phenoxy) is 1. The van der Waals surface area contributed by atoms with Gasteiger partial charge in [0.1, 0.15) is 5.75 Å². The second-order valence-electron chi connectivity index (χ2n) is 4.30. The summed E-state index contributed by atoms with van der Waals surface area (Å²) in [5.41, 5.74) is 6.10. The van der Waals surface area contributed by atoms with Crippen LogP contribution >= 0.6 is 12.2 Å². The number of carbonyl (C=O) groups excluding carboxylic acids is 1. The Hall–Kier alpha value is -1.82. The maximum Gasteiger partial charge on any atom is 0.241 e. The highest BCUT2D eigenvalue weighted by atomic mass is 32.1. The Kier molecular flexibility index (Phi) is 4.57. The first kappa shape index (κ1) is 13.6. The molecule has 0 unspecified atom stereocenters. The molecule has 3 N–H and O–H groups in total. The lowest BCUT2D eigenvalue weighted by Crippen LogP contribution is -2.44. The van der Waals surface area contributed by atoms with Crippen molar-refractivity contribution in [1.82, 2.24) is 10.9 Å². The van der Waals surface area contributed by atoms with Crippen molar-refractivity contribution < 1.29 is 9.53 Å². The van der Waals surface area contributed by atoms with Gasteiger partial charge in [-0.2, -0.15) is 0 Å². The molecule has 1 aromatic rings. The second kappa shape index (κ2) is 6.38.